The van der Waals surface area contributed by atoms with Gasteiger partial charge in [-0.1, -0.05) is 12.0 Å². The van der Waals surface area contributed by atoms with Gasteiger partial charge in [-0.15, -0.1) is 6.42 Å². The maximum Gasteiger partial charge on any atom is 0.338 e. The van der Waals surface area contributed by atoms with E-state index in [2.05, 4.69) is 10.9 Å². The van der Waals surface area contributed by atoms with Crippen molar-refractivity contribution in [2.45, 2.75) is 13.8 Å². The van der Waals surface area contributed by atoms with Gasteiger partial charge in [0.25, 0.3) is 5.91 Å². The number of nitrogens with zero attached hydrogens (tertiary/aromatic N) is 2. The predicted octanol–water partition coefficient (Wildman–Crippen LogP) is 4.51. The summed E-state index contributed by atoms with van der Waals surface area (Å²) in [5.74, 6) is 2.99. The number of likely N-dealkylation sites (N-methyl/N-ethyl adjacent to an activating group) is 1. The molecule has 0 atom stereocenters. The molecule has 33 heavy (non-hydrogen) atoms. The third kappa shape index (κ3) is 5.96. The van der Waals surface area contributed by atoms with Crippen molar-refractivity contribution < 1.29 is 23.8 Å². The second-order valence-corrected chi connectivity index (χ2v) is 7.78. The Morgan fingerprint density at radius 1 is 1.12 bits per heavy atom. The van der Waals surface area contributed by atoms with Crippen molar-refractivity contribution in [2.24, 2.45) is 4.99 Å². The van der Waals surface area contributed by atoms with E-state index in [1.807, 2.05) is 13.0 Å². The number of esters is 1. The first-order chi connectivity index (χ1) is 16.0. The van der Waals surface area contributed by atoms with Gasteiger partial charge >= 0.3 is 5.97 Å². The zero-order valence-electron chi connectivity index (χ0n) is 18.7. The Bertz CT molecular complexity index is 1130. The van der Waals surface area contributed by atoms with Crippen molar-refractivity contribution in [3.8, 4) is 23.8 Å². The smallest absolute Gasteiger partial charge is 0.338 e. The number of terminal acetylenes is 1. The van der Waals surface area contributed by atoms with Gasteiger partial charge in [0.15, 0.2) is 16.7 Å². The standard InChI is InChI=1S/C25H24N2O5S/c1-5-14-32-20-13-8-17(15-21(20)30-6-2)16-22-23(28)27(4)25(33-22)26-19-11-9-18(10-12-19)24(29)31-7-3/h1,8-13,15-16H,6-7,14H2,2-4H3. The molecule has 0 N–H and O–H groups in total. The Kier molecular flexibility index (Phi) is 8.17. The van der Waals surface area contributed by atoms with Crippen molar-refractivity contribution in [1.82, 2.24) is 4.90 Å². The van der Waals surface area contributed by atoms with Crippen LogP contribution in [0.4, 0.5) is 5.69 Å². The van der Waals surface area contributed by atoms with Crippen LogP contribution < -0.4 is 9.47 Å². The molecule has 1 saturated heterocycles. The Labute approximate surface area is 197 Å². The van der Waals surface area contributed by atoms with E-state index in [9.17, 15) is 9.59 Å². The molecule has 1 fully saturated rings. The first kappa shape index (κ1) is 24.0. The molecule has 170 valence electrons. The van der Waals surface area contributed by atoms with Crippen LogP contribution in [0.25, 0.3) is 6.08 Å². The lowest BCUT2D eigenvalue weighted by atomic mass is 10.2. The van der Waals surface area contributed by atoms with Gasteiger partial charge in [0.05, 0.1) is 29.4 Å². The van der Waals surface area contributed by atoms with Crippen molar-refractivity contribution in [3.05, 3.63) is 58.5 Å². The van der Waals surface area contributed by atoms with Crippen LogP contribution in [0.5, 0.6) is 11.5 Å². The highest BCUT2D eigenvalue weighted by molar-refractivity contribution is 8.18. The molecule has 1 aliphatic rings. The van der Waals surface area contributed by atoms with Crippen LogP contribution in [0.15, 0.2) is 52.4 Å². The maximum atomic E-state index is 12.8. The molecule has 2 aromatic carbocycles. The Morgan fingerprint density at radius 3 is 2.55 bits per heavy atom. The van der Waals surface area contributed by atoms with Crippen LogP contribution in [-0.2, 0) is 9.53 Å². The Hall–Kier alpha value is -3.70. The van der Waals surface area contributed by atoms with E-state index in [1.54, 1.807) is 56.4 Å². The van der Waals surface area contributed by atoms with Crippen LogP contribution >= 0.6 is 11.8 Å². The van der Waals surface area contributed by atoms with Gasteiger partial charge in [-0.25, -0.2) is 9.79 Å². The molecule has 1 aliphatic heterocycles. The highest BCUT2D eigenvalue weighted by Crippen LogP contribution is 2.35. The van der Waals surface area contributed by atoms with Gasteiger partial charge < -0.3 is 14.2 Å². The number of rotatable bonds is 8. The lowest BCUT2D eigenvalue weighted by Gasteiger charge is -2.11. The average Bonchev–Trinajstić information content (AvgIpc) is 3.07. The molecular weight excluding hydrogens is 440 g/mol. The summed E-state index contributed by atoms with van der Waals surface area (Å²) in [6.45, 7) is 4.55. The largest absolute Gasteiger partial charge is 0.490 e. The third-order valence-electron chi connectivity index (χ3n) is 4.48. The van der Waals surface area contributed by atoms with Gasteiger partial charge in [-0.2, -0.15) is 0 Å². The van der Waals surface area contributed by atoms with Crippen molar-refractivity contribution in [3.63, 3.8) is 0 Å². The zero-order chi connectivity index (χ0) is 23.8. The number of hydrogen-bond acceptors (Lipinski definition) is 7. The molecule has 2 aromatic rings. The fourth-order valence-corrected chi connectivity index (χ4v) is 3.91. The fourth-order valence-electron chi connectivity index (χ4n) is 2.92. The molecule has 0 spiro atoms. The molecule has 0 unspecified atom stereocenters. The van der Waals surface area contributed by atoms with Crippen LogP contribution in [0, 0.1) is 12.3 Å². The lowest BCUT2D eigenvalue weighted by molar-refractivity contribution is -0.121. The quantitative estimate of drug-likeness (QED) is 0.325. The molecule has 0 radical (unpaired) electrons. The van der Waals surface area contributed by atoms with Crippen molar-refractivity contribution >= 4 is 40.6 Å². The summed E-state index contributed by atoms with van der Waals surface area (Å²) in [5, 5.41) is 0.536. The third-order valence-corrected chi connectivity index (χ3v) is 5.54. The second kappa shape index (κ2) is 11.2. The summed E-state index contributed by atoms with van der Waals surface area (Å²) >= 11 is 1.27. The first-order valence-corrected chi connectivity index (χ1v) is 11.1. The Balaban J connectivity index is 1.81. The summed E-state index contributed by atoms with van der Waals surface area (Å²) < 4.78 is 16.1. The number of thioether (sulfide) groups is 1. The van der Waals surface area contributed by atoms with E-state index < -0.39 is 0 Å². The Morgan fingerprint density at radius 2 is 1.88 bits per heavy atom. The minimum Gasteiger partial charge on any atom is -0.490 e. The molecule has 0 saturated carbocycles. The predicted molar refractivity (Wildman–Crippen MR) is 130 cm³/mol. The van der Waals surface area contributed by atoms with Gasteiger partial charge in [0.2, 0.25) is 0 Å². The number of ether oxygens (including phenoxy) is 3. The van der Waals surface area contributed by atoms with Gasteiger partial charge in [-0.3, -0.25) is 9.69 Å². The number of amidine groups is 1. The maximum absolute atomic E-state index is 12.8. The second-order valence-electron chi connectivity index (χ2n) is 6.77. The van der Waals surface area contributed by atoms with Gasteiger partial charge in [0.1, 0.15) is 6.61 Å². The molecule has 0 aromatic heterocycles. The molecule has 3 rings (SSSR count). The molecule has 1 amide bonds. The number of amides is 1. The summed E-state index contributed by atoms with van der Waals surface area (Å²) in [6.07, 6.45) is 7.05. The van der Waals surface area contributed by atoms with E-state index >= 15 is 0 Å². The van der Waals surface area contributed by atoms with Crippen molar-refractivity contribution in [1.29, 1.82) is 0 Å². The number of carbonyl (C=O) groups is 2. The summed E-state index contributed by atoms with van der Waals surface area (Å²) in [4.78, 5) is 31.1. The topological polar surface area (TPSA) is 77.4 Å². The van der Waals surface area contributed by atoms with E-state index in [-0.39, 0.29) is 18.5 Å². The molecule has 8 heteroatoms. The minimum absolute atomic E-state index is 0.139. The normalized spacial score (nSPS) is 15.6. The fraction of sp³-hybridized carbons (Fsp3) is 0.240. The average molecular weight is 465 g/mol. The minimum atomic E-state index is -0.383. The van der Waals surface area contributed by atoms with Gasteiger partial charge in [-0.05, 0) is 73.6 Å². The van der Waals surface area contributed by atoms with Crippen LogP contribution in [0.3, 0.4) is 0 Å². The zero-order valence-corrected chi connectivity index (χ0v) is 19.5. The van der Waals surface area contributed by atoms with E-state index in [4.69, 9.17) is 20.6 Å². The van der Waals surface area contributed by atoms with Crippen LogP contribution in [0.2, 0.25) is 0 Å². The molecule has 1 heterocycles. The summed E-state index contributed by atoms with van der Waals surface area (Å²) in [7, 11) is 1.67. The monoisotopic (exact) mass is 464 g/mol. The van der Waals surface area contributed by atoms with Crippen molar-refractivity contribution in [2.75, 3.05) is 26.9 Å². The number of aliphatic imine (C=N–C) groups is 1. The highest BCUT2D eigenvalue weighted by atomic mass is 32.2. The van der Waals surface area contributed by atoms with E-state index in [1.165, 1.54) is 16.7 Å². The number of hydrogen-bond donors (Lipinski definition) is 0. The summed E-state index contributed by atoms with van der Waals surface area (Å²) in [5.41, 5.74) is 1.86. The van der Waals surface area contributed by atoms with Crippen LogP contribution in [-0.4, -0.2) is 48.8 Å². The molecular formula is C25H24N2O5S. The SMILES string of the molecule is C#CCOc1ccc(C=C2SC(=Nc3ccc(C(=O)OCC)cc3)N(C)C2=O)cc1OCC. The summed E-state index contributed by atoms with van der Waals surface area (Å²) in [6, 6.07) is 12.1. The molecule has 0 aliphatic carbocycles. The highest BCUT2D eigenvalue weighted by Gasteiger charge is 2.30. The first-order valence-electron chi connectivity index (χ1n) is 10.3. The van der Waals surface area contributed by atoms with Gasteiger partial charge in [0, 0.05) is 7.05 Å². The number of carbonyl (C=O) groups excluding carboxylic acids is 2. The van der Waals surface area contributed by atoms with E-state index in [0.717, 1.165) is 5.56 Å². The molecule has 0 bridgehead atoms. The number of benzene rings is 2. The van der Waals surface area contributed by atoms with Crippen LogP contribution in [0.1, 0.15) is 29.8 Å². The molecule has 7 nitrogen and oxygen atoms in total. The van der Waals surface area contributed by atoms with E-state index in [0.29, 0.717) is 46.0 Å². The lowest BCUT2D eigenvalue weighted by Crippen LogP contribution is -2.23.